The molecule has 0 unspecified atom stereocenters. The number of aliphatic carboxylic acids is 1. The molecule has 0 aliphatic carbocycles. The molecule has 0 aromatic heterocycles. The summed E-state index contributed by atoms with van der Waals surface area (Å²) in [5.41, 5.74) is 2.55. The number of carboxylic acids is 1. The van der Waals surface area contributed by atoms with E-state index in [1.54, 1.807) is 6.92 Å². The lowest BCUT2D eigenvalue weighted by Crippen LogP contribution is -2.09. The van der Waals surface area contributed by atoms with Gasteiger partial charge in [-0.2, -0.15) is 0 Å². The lowest BCUT2D eigenvalue weighted by atomic mass is 10.0. The molecule has 0 amide bonds. The first-order chi connectivity index (χ1) is 7.09. The first kappa shape index (κ1) is 11.8. The van der Waals surface area contributed by atoms with Crippen molar-refractivity contribution in [2.75, 3.05) is 0 Å². The van der Waals surface area contributed by atoms with E-state index in [0.29, 0.717) is 0 Å². The van der Waals surface area contributed by atoms with Gasteiger partial charge in [-0.3, -0.25) is 4.79 Å². The maximum Gasteiger partial charge on any atom is 0.306 e. The van der Waals surface area contributed by atoms with E-state index in [2.05, 4.69) is 31.2 Å². The zero-order chi connectivity index (χ0) is 11.3. The molecule has 1 rings (SSSR count). The van der Waals surface area contributed by atoms with E-state index < -0.39 is 5.97 Å². The summed E-state index contributed by atoms with van der Waals surface area (Å²) < 4.78 is 0. The highest BCUT2D eigenvalue weighted by Crippen LogP contribution is 2.11. The molecule has 0 saturated heterocycles. The van der Waals surface area contributed by atoms with Crippen molar-refractivity contribution in [3.63, 3.8) is 0 Å². The van der Waals surface area contributed by atoms with Gasteiger partial charge in [0.15, 0.2) is 0 Å². The number of carboxylic acid groups (broad SMARTS) is 1. The largest absolute Gasteiger partial charge is 0.481 e. The summed E-state index contributed by atoms with van der Waals surface area (Å²) in [5, 5.41) is 8.72. The minimum Gasteiger partial charge on any atom is -0.481 e. The molecule has 1 aromatic carbocycles. The lowest BCUT2D eigenvalue weighted by Gasteiger charge is -2.05. The molecule has 1 N–H and O–H groups in total. The molecule has 0 aliphatic heterocycles. The van der Waals surface area contributed by atoms with Gasteiger partial charge >= 0.3 is 5.97 Å². The van der Waals surface area contributed by atoms with Crippen molar-refractivity contribution in [2.24, 2.45) is 5.92 Å². The van der Waals surface area contributed by atoms with Crippen LogP contribution in [0.4, 0.5) is 0 Å². The van der Waals surface area contributed by atoms with Gasteiger partial charge in [0.1, 0.15) is 0 Å². The van der Waals surface area contributed by atoms with Crippen molar-refractivity contribution in [1.29, 1.82) is 0 Å². The molecule has 2 heteroatoms. The SMILES string of the molecule is Cc1ccc(CCC[C@H](C)C(=O)O)cc1. The molecule has 1 aromatic rings. The Hall–Kier alpha value is -1.31. The standard InChI is InChI=1S/C13H18O2/c1-10-6-8-12(9-7-10)5-3-4-11(2)13(14)15/h6-9,11H,3-5H2,1-2H3,(H,14,15)/t11-/m0/s1. The highest BCUT2D eigenvalue weighted by molar-refractivity contribution is 5.69. The second-order valence-electron chi connectivity index (χ2n) is 4.12. The fraction of sp³-hybridized carbons (Fsp3) is 0.462. The molecule has 82 valence electrons. The van der Waals surface area contributed by atoms with Crippen LogP contribution in [0.2, 0.25) is 0 Å². The van der Waals surface area contributed by atoms with Gasteiger partial charge in [-0.15, -0.1) is 0 Å². The number of benzene rings is 1. The van der Waals surface area contributed by atoms with Crippen LogP contribution >= 0.6 is 0 Å². The quantitative estimate of drug-likeness (QED) is 0.804. The average molecular weight is 206 g/mol. The minimum absolute atomic E-state index is 0.226. The van der Waals surface area contributed by atoms with Crippen LogP contribution in [-0.2, 0) is 11.2 Å². The molecule has 0 saturated carbocycles. The molecule has 0 aliphatic rings. The zero-order valence-corrected chi connectivity index (χ0v) is 9.36. The van der Waals surface area contributed by atoms with Crippen molar-refractivity contribution >= 4 is 5.97 Å². The molecule has 0 radical (unpaired) electrons. The van der Waals surface area contributed by atoms with Gasteiger partial charge in [-0.25, -0.2) is 0 Å². The molecule has 15 heavy (non-hydrogen) atoms. The molecule has 0 fully saturated rings. The van der Waals surface area contributed by atoms with E-state index >= 15 is 0 Å². The molecular weight excluding hydrogens is 188 g/mol. The third-order valence-corrected chi connectivity index (χ3v) is 2.64. The Balaban J connectivity index is 2.32. The monoisotopic (exact) mass is 206 g/mol. The molecular formula is C13H18O2. The van der Waals surface area contributed by atoms with Crippen molar-refractivity contribution in [3.8, 4) is 0 Å². The van der Waals surface area contributed by atoms with Crippen LogP contribution in [0.25, 0.3) is 0 Å². The molecule has 0 spiro atoms. The summed E-state index contributed by atoms with van der Waals surface area (Å²) in [6.45, 7) is 3.83. The topological polar surface area (TPSA) is 37.3 Å². The number of carbonyl (C=O) groups is 1. The summed E-state index contributed by atoms with van der Waals surface area (Å²) in [4.78, 5) is 10.6. The fourth-order valence-electron chi connectivity index (χ4n) is 1.49. The van der Waals surface area contributed by atoms with Crippen molar-refractivity contribution < 1.29 is 9.90 Å². The Labute approximate surface area is 90.9 Å². The summed E-state index contributed by atoms with van der Waals surface area (Å²) in [5.74, 6) is -0.922. The van der Waals surface area contributed by atoms with Crippen LogP contribution < -0.4 is 0 Å². The van der Waals surface area contributed by atoms with Crippen molar-refractivity contribution in [1.82, 2.24) is 0 Å². The molecule has 0 bridgehead atoms. The minimum atomic E-state index is -0.695. The zero-order valence-electron chi connectivity index (χ0n) is 9.36. The highest BCUT2D eigenvalue weighted by Gasteiger charge is 2.09. The number of hydrogen-bond acceptors (Lipinski definition) is 1. The maximum atomic E-state index is 10.6. The third kappa shape index (κ3) is 4.15. The Morgan fingerprint density at radius 2 is 1.93 bits per heavy atom. The third-order valence-electron chi connectivity index (χ3n) is 2.64. The molecule has 1 atom stereocenters. The van der Waals surface area contributed by atoms with Gasteiger partial charge in [0.05, 0.1) is 5.92 Å². The predicted octanol–water partition coefficient (Wildman–Crippen LogP) is 3.04. The second kappa shape index (κ2) is 5.54. The van der Waals surface area contributed by atoms with Crippen LogP contribution in [0, 0.1) is 12.8 Å². The van der Waals surface area contributed by atoms with Crippen molar-refractivity contribution in [3.05, 3.63) is 35.4 Å². The van der Waals surface area contributed by atoms with Gasteiger partial charge in [-0.1, -0.05) is 36.8 Å². The molecule has 2 nitrogen and oxygen atoms in total. The van der Waals surface area contributed by atoms with Crippen LogP contribution in [0.5, 0.6) is 0 Å². The Morgan fingerprint density at radius 1 is 1.33 bits per heavy atom. The second-order valence-corrected chi connectivity index (χ2v) is 4.12. The van der Waals surface area contributed by atoms with Gasteiger partial charge in [0.2, 0.25) is 0 Å². The Bertz CT molecular complexity index is 314. The maximum absolute atomic E-state index is 10.6. The predicted molar refractivity (Wildman–Crippen MR) is 60.9 cm³/mol. The van der Waals surface area contributed by atoms with Gasteiger partial charge in [-0.05, 0) is 31.7 Å². The Morgan fingerprint density at radius 3 is 2.47 bits per heavy atom. The van der Waals surface area contributed by atoms with E-state index in [0.717, 1.165) is 19.3 Å². The molecule has 0 heterocycles. The normalized spacial score (nSPS) is 12.4. The summed E-state index contributed by atoms with van der Waals surface area (Å²) in [6.07, 6.45) is 2.66. The number of hydrogen-bond donors (Lipinski definition) is 1. The van der Waals surface area contributed by atoms with E-state index in [1.165, 1.54) is 11.1 Å². The van der Waals surface area contributed by atoms with Gasteiger partial charge in [0, 0.05) is 0 Å². The van der Waals surface area contributed by atoms with Crippen LogP contribution in [0.15, 0.2) is 24.3 Å². The number of aryl methyl sites for hydroxylation is 2. The van der Waals surface area contributed by atoms with Crippen LogP contribution in [-0.4, -0.2) is 11.1 Å². The van der Waals surface area contributed by atoms with E-state index in [1.807, 2.05) is 0 Å². The van der Waals surface area contributed by atoms with E-state index in [9.17, 15) is 4.79 Å². The van der Waals surface area contributed by atoms with E-state index in [-0.39, 0.29) is 5.92 Å². The van der Waals surface area contributed by atoms with Crippen LogP contribution in [0.3, 0.4) is 0 Å². The van der Waals surface area contributed by atoms with Gasteiger partial charge < -0.3 is 5.11 Å². The van der Waals surface area contributed by atoms with Crippen molar-refractivity contribution in [2.45, 2.75) is 33.1 Å². The summed E-state index contributed by atoms with van der Waals surface area (Å²) >= 11 is 0. The first-order valence-corrected chi connectivity index (χ1v) is 5.38. The van der Waals surface area contributed by atoms with Crippen LogP contribution in [0.1, 0.15) is 30.9 Å². The van der Waals surface area contributed by atoms with E-state index in [4.69, 9.17) is 5.11 Å². The fourth-order valence-corrected chi connectivity index (χ4v) is 1.49. The highest BCUT2D eigenvalue weighted by atomic mass is 16.4. The lowest BCUT2D eigenvalue weighted by molar-refractivity contribution is -0.141. The Kier molecular flexibility index (Phi) is 4.35. The average Bonchev–Trinajstić information content (AvgIpc) is 2.20. The summed E-state index contributed by atoms with van der Waals surface area (Å²) in [6, 6.07) is 8.41. The summed E-state index contributed by atoms with van der Waals surface area (Å²) in [7, 11) is 0. The first-order valence-electron chi connectivity index (χ1n) is 5.38. The van der Waals surface area contributed by atoms with Gasteiger partial charge in [0.25, 0.3) is 0 Å². The smallest absolute Gasteiger partial charge is 0.306 e. The number of rotatable bonds is 5.